The molecule has 0 bridgehead atoms. The zero-order chi connectivity index (χ0) is 21.6. The summed E-state index contributed by atoms with van der Waals surface area (Å²) < 4.78 is 10.00. The van der Waals surface area contributed by atoms with Crippen molar-refractivity contribution in [1.29, 1.82) is 0 Å². The standard InChI is InChI=1S/C21H19IN4O3S/c1-11-17(20(28)29-4)18(15-10-23-25(3)12(15)2)26-19(27)16(30-21(26)24-11)9-13-5-7-14(22)8-6-13/h5-10,18H,1-4H3/b16-9+/t18-/m0/s1. The molecule has 2 aromatic heterocycles. The second-order valence-corrected chi connectivity index (χ2v) is 9.19. The van der Waals surface area contributed by atoms with Gasteiger partial charge in [-0.15, -0.1) is 0 Å². The smallest absolute Gasteiger partial charge is 0.338 e. The van der Waals surface area contributed by atoms with Crippen LogP contribution < -0.4 is 14.9 Å². The van der Waals surface area contributed by atoms with Crippen LogP contribution in [0.1, 0.15) is 29.8 Å². The third-order valence-electron chi connectivity index (χ3n) is 5.16. The molecule has 1 aliphatic heterocycles. The van der Waals surface area contributed by atoms with Crippen LogP contribution in [-0.2, 0) is 16.6 Å². The summed E-state index contributed by atoms with van der Waals surface area (Å²) in [5, 5.41) is 4.31. The second kappa shape index (κ2) is 7.95. The van der Waals surface area contributed by atoms with E-state index in [0.29, 0.717) is 20.6 Å². The van der Waals surface area contributed by atoms with E-state index in [1.165, 1.54) is 18.4 Å². The lowest BCUT2D eigenvalue weighted by Gasteiger charge is -2.23. The van der Waals surface area contributed by atoms with Crippen molar-refractivity contribution in [3.8, 4) is 0 Å². The summed E-state index contributed by atoms with van der Waals surface area (Å²) >= 11 is 3.55. The number of benzene rings is 1. The van der Waals surface area contributed by atoms with Crippen molar-refractivity contribution in [2.45, 2.75) is 19.9 Å². The molecule has 1 atom stereocenters. The number of halogens is 1. The SMILES string of the molecule is COC(=O)C1=C(C)N=c2s/c(=C/c3ccc(I)cc3)c(=O)n2[C@H]1c1cnn(C)c1C. The highest BCUT2D eigenvalue weighted by Crippen LogP contribution is 2.32. The molecule has 0 spiro atoms. The molecule has 0 radical (unpaired) electrons. The fourth-order valence-electron chi connectivity index (χ4n) is 3.48. The third kappa shape index (κ3) is 3.45. The maximum absolute atomic E-state index is 13.4. The van der Waals surface area contributed by atoms with Gasteiger partial charge in [0.25, 0.3) is 5.56 Å². The summed E-state index contributed by atoms with van der Waals surface area (Å²) in [5.74, 6) is -0.503. The number of aromatic nitrogens is 3. The number of hydrogen-bond acceptors (Lipinski definition) is 6. The van der Waals surface area contributed by atoms with E-state index in [2.05, 4.69) is 32.7 Å². The highest BCUT2D eigenvalue weighted by atomic mass is 127. The quantitative estimate of drug-likeness (QED) is 0.381. The number of carbonyl (C=O) groups excluding carboxylic acids is 1. The minimum Gasteiger partial charge on any atom is -0.466 e. The first-order valence-corrected chi connectivity index (χ1v) is 11.1. The van der Waals surface area contributed by atoms with Gasteiger partial charge in [-0.05, 0) is 60.2 Å². The number of allylic oxidation sites excluding steroid dienone is 1. The average molecular weight is 534 g/mol. The highest BCUT2D eigenvalue weighted by molar-refractivity contribution is 14.1. The normalized spacial score (nSPS) is 16.4. The number of methoxy groups -OCH3 is 1. The first-order chi connectivity index (χ1) is 14.3. The lowest BCUT2D eigenvalue weighted by Crippen LogP contribution is -2.40. The largest absolute Gasteiger partial charge is 0.466 e. The van der Waals surface area contributed by atoms with Gasteiger partial charge < -0.3 is 4.74 Å². The molecule has 154 valence electrons. The summed E-state index contributed by atoms with van der Waals surface area (Å²) in [5.41, 5.74) is 3.26. The molecule has 3 aromatic rings. The number of hydrogen-bond donors (Lipinski definition) is 0. The van der Waals surface area contributed by atoms with Crippen LogP contribution >= 0.6 is 33.9 Å². The van der Waals surface area contributed by atoms with E-state index in [-0.39, 0.29) is 5.56 Å². The van der Waals surface area contributed by atoms with Gasteiger partial charge in [0.05, 0.1) is 29.1 Å². The molecule has 9 heteroatoms. The van der Waals surface area contributed by atoms with Gasteiger partial charge in [0, 0.05) is 21.9 Å². The Hall–Kier alpha value is -2.53. The minimum atomic E-state index is -0.638. The number of esters is 1. The molecular formula is C21H19IN4O3S. The van der Waals surface area contributed by atoms with Crippen molar-refractivity contribution in [2.75, 3.05) is 7.11 Å². The van der Waals surface area contributed by atoms with Gasteiger partial charge in [-0.2, -0.15) is 5.10 Å². The molecule has 0 aliphatic carbocycles. The number of ether oxygens (including phenoxy) is 1. The van der Waals surface area contributed by atoms with Crippen LogP contribution in [0.15, 0.2) is 51.5 Å². The zero-order valence-corrected chi connectivity index (χ0v) is 19.8. The van der Waals surface area contributed by atoms with Crippen LogP contribution in [-0.4, -0.2) is 27.4 Å². The van der Waals surface area contributed by atoms with E-state index in [9.17, 15) is 9.59 Å². The number of nitrogens with zero attached hydrogens (tertiary/aromatic N) is 4. The first kappa shape index (κ1) is 20.7. The van der Waals surface area contributed by atoms with Crippen LogP contribution in [0, 0.1) is 10.5 Å². The predicted octanol–water partition coefficient (Wildman–Crippen LogP) is 2.05. The van der Waals surface area contributed by atoms with Gasteiger partial charge in [-0.1, -0.05) is 23.5 Å². The molecule has 0 unspecified atom stereocenters. The maximum Gasteiger partial charge on any atom is 0.338 e. The zero-order valence-electron chi connectivity index (χ0n) is 16.8. The topological polar surface area (TPSA) is 78.5 Å². The molecule has 4 rings (SSSR count). The maximum atomic E-state index is 13.4. The van der Waals surface area contributed by atoms with E-state index in [1.54, 1.807) is 22.4 Å². The van der Waals surface area contributed by atoms with E-state index < -0.39 is 12.0 Å². The van der Waals surface area contributed by atoms with Crippen LogP contribution in [0.4, 0.5) is 0 Å². The Morgan fingerprint density at radius 2 is 1.97 bits per heavy atom. The molecule has 7 nitrogen and oxygen atoms in total. The van der Waals surface area contributed by atoms with Crippen molar-refractivity contribution < 1.29 is 9.53 Å². The molecule has 30 heavy (non-hydrogen) atoms. The number of fused-ring (bicyclic) bond motifs is 1. The van der Waals surface area contributed by atoms with Gasteiger partial charge in [0.2, 0.25) is 0 Å². The molecule has 0 amide bonds. The average Bonchev–Trinajstić information content (AvgIpc) is 3.21. The van der Waals surface area contributed by atoms with Gasteiger partial charge >= 0.3 is 5.97 Å². The molecule has 0 saturated heterocycles. The van der Waals surface area contributed by atoms with E-state index in [1.807, 2.05) is 44.3 Å². The predicted molar refractivity (Wildman–Crippen MR) is 123 cm³/mol. The summed E-state index contributed by atoms with van der Waals surface area (Å²) in [4.78, 5) is 31.2. The molecule has 0 N–H and O–H groups in total. The van der Waals surface area contributed by atoms with E-state index in [0.717, 1.165) is 20.4 Å². The molecule has 3 heterocycles. The Bertz CT molecular complexity index is 1360. The Kier molecular flexibility index (Phi) is 5.49. The summed E-state index contributed by atoms with van der Waals surface area (Å²) in [7, 11) is 3.16. The molecular weight excluding hydrogens is 515 g/mol. The highest BCUT2D eigenvalue weighted by Gasteiger charge is 2.34. The van der Waals surface area contributed by atoms with Crippen molar-refractivity contribution in [3.05, 3.63) is 81.8 Å². The molecule has 0 fully saturated rings. The minimum absolute atomic E-state index is 0.195. The Morgan fingerprint density at radius 3 is 2.57 bits per heavy atom. The van der Waals surface area contributed by atoms with Crippen molar-refractivity contribution >= 4 is 46.0 Å². The van der Waals surface area contributed by atoms with Crippen molar-refractivity contribution in [1.82, 2.24) is 14.3 Å². The molecule has 1 aromatic carbocycles. The van der Waals surface area contributed by atoms with Crippen molar-refractivity contribution in [2.24, 2.45) is 12.0 Å². The fourth-order valence-corrected chi connectivity index (χ4v) is 4.89. The summed E-state index contributed by atoms with van der Waals surface area (Å²) in [6, 6.07) is 7.28. The lowest BCUT2D eigenvalue weighted by atomic mass is 9.96. The number of thiazole rings is 1. The molecule has 1 aliphatic rings. The van der Waals surface area contributed by atoms with Gasteiger partial charge in [0.1, 0.15) is 6.04 Å². The van der Waals surface area contributed by atoms with Crippen molar-refractivity contribution in [3.63, 3.8) is 0 Å². The van der Waals surface area contributed by atoms with Gasteiger partial charge in [0.15, 0.2) is 4.80 Å². The Morgan fingerprint density at radius 1 is 1.27 bits per heavy atom. The Balaban J connectivity index is 1.99. The number of rotatable bonds is 3. The van der Waals surface area contributed by atoms with Gasteiger partial charge in [-0.3, -0.25) is 14.0 Å². The van der Waals surface area contributed by atoms with Crippen LogP contribution in [0.2, 0.25) is 0 Å². The second-order valence-electron chi connectivity index (χ2n) is 6.93. The van der Waals surface area contributed by atoms with Crippen LogP contribution in [0.3, 0.4) is 0 Å². The first-order valence-electron chi connectivity index (χ1n) is 9.16. The molecule has 0 saturated carbocycles. The van der Waals surface area contributed by atoms with Crippen LogP contribution in [0.5, 0.6) is 0 Å². The van der Waals surface area contributed by atoms with E-state index >= 15 is 0 Å². The fraction of sp³-hybridized carbons (Fsp3) is 0.238. The summed E-state index contributed by atoms with van der Waals surface area (Å²) in [6.45, 7) is 3.68. The lowest BCUT2D eigenvalue weighted by molar-refractivity contribution is -0.136. The van der Waals surface area contributed by atoms with E-state index in [4.69, 9.17) is 4.74 Å². The Labute approximate surface area is 190 Å². The number of carbonyl (C=O) groups is 1. The van der Waals surface area contributed by atoms with Gasteiger partial charge in [-0.25, -0.2) is 9.79 Å². The number of aryl methyl sites for hydroxylation is 1. The third-order valence-corrected chi connectivity index (χ3v) is 6.86. The van der Waals surface area contributed by atoms with Crippen LogP contribution in [0.25, 0.3) is 6.08 Å². The summed E-state index contributed by atoms with van der Waals surface area (Å²) in [6.07, 6.45) is 3.54. The monoisotopic (exact) mass is 534 g/mol.